The number of urea groups is 1. The topological polar surface area (TPSA) is 44.8 Å². The third kappa shape index (κ3) is 4.53. The van der Waals surface area contributed by atoms with Gasteiger partial charge in [0, 0.05) is 40.0 Å². The number of anilines is 2. The molecule has 3 rings (SSSR count). The van der Waals surface area contributed by atoms with E-state index in [1.54, 1.807) is 0 Å². The first-order valence-electron chi connectivity index (χ1n) is 9.61. The molecule has 0 bridgehead atoms. The second-order valence-electron chi connectivity index (χ2n) is 7.49. The highest BCUT2D eigenvalue weighted by Crippen LogP contribution is 2.33. The van der Waals surface area contributed by atoms with Gasteiger partial charge in [-0.1, -0.05) is 35.9 Å². The lowest BCUT2D eigenvalue weighted by atomic mass is 10.1. The summed E-state index contributed by atoms with van der Waals surface area (Å²) in [4.78, 5) is 16.5. The fourth-order valence-corrected chi connectivity index (χ4v) is 3.94. The Bertz CT molecular complexity index is 825. The molecule has 28 heavy (non-hydrogen) atoms. The Hall–Kier alpha value is -2.40. The van der Waals surface area contributed by atoms with Crippen LogP contribution in [0.3, 0.4) is 0 Å². The predicted octanol–water partition coefficient (Wildman–Crippen LogP) is 5.10. The van der Waals surface area contributed by atoms with Crippen molar-refractivity contribution in [3.63, 3.8) is 0 Å². The normalized spacial score (nSPS) is 14.7. The largest absolute Gasteiger partial charge is 0.490 e. The summed E-state index contributed by atoms with van der Waals surface area (Å²) in [5.74, 6) is 0.972. The molecule has 0 radical (unpaired) electrons. The molecule has 0 unspecified atom stereocenters. The zero-order chi connectivity index (χ0) is 20.3. The number of piperidine rings is 1. The van der Waals surface area contributed by atoms with Gasteiger partial charge in [-0.3, -0.25) is 0 Å². The van der Waals surface area contributed by atoms with Crippen molar-refractivity contribution in [2.24, 2.45) is 0 Å². The quantitative estimate of drug-likeness (QED) is 0.775. The number of para-hydroxylation sites is 2. The summed E-state index contributed by atoms with van der Waals surface area (Å²) in [6, 6.07) is 11.6. The lowest BCUT2D eigenvalue weighted by Gasteiger charge is -2.33. The highest BCUT2D eigenvalue weighted by Gasteiger charge is 2.25. The predicted molar refractivity (Wildman–Crippen MR) is 116 cm³/mol. The van der Waals surface area contributed by atoms with Crippen LogP contribution in [-0.2, 0) is 0 Å². The summed E-state index contributed by atoms with van der Waals surface area (Å²) in [5.41, 5.74) is 3.83. The number of likely N-dealkylation sites (tertiary alicyclic amines) is 1. The van der Waals surface area contributed by atoms with Crippen LogP contribution in [0.1, 0.15) is 24.0 Å². The van der Waals surface area contributed by atoms with E-state index in [4.69, 9.17) is 16.3 Å². The van der Waals surface area contributed by atoms with Gasteiger partial charge in [0.05, 0.1) is 16.4 Å². The zero-order valence-electron chi connectivity index (χ0n) is 17.0. The second kappa shape index (κ2) is 8.74. The Morgan fingerprint density at radius 2 is 1.71 bits per heavy atom. The summed E-state index contributed by atoms with van der Waals surface area (Å²) < 4.78 is 6.25. The number of carbonyl (C=O) groups excluding carboxylic acids is 1. The minimum Gasteiger partial charge on any atom is -0.490 e. The number of hydrogen-bond donors (Lipinski definition) is 1. The average molecular weight is 402 g/mol. The molecule has 1 aliphatic heterocycles. The Labute approximate surface area is 172 Å². The first kappa shape index (κ1) is 20.3. The zero-order valence-corrected chi connectivity index (χ0v) is 17.7. The Morgan fingerprint density at radius 1 is 1.11 bits per heavy atom. The van der Waals surface area contributed by atoms with Gasteiger partial charge in [0.2, 0.25) is 0 Å². The number of ether oxygens (including phenoxy) is 1. The van der Waals surface area contributed by atoms with Crippen molar-refractivity contribution in [2.45, 2.75) is 32.8 Å². The van der Waals surface area contributed by atoms with Crippen LogP contribution in [0.4, 0.5) is 16.2 Å². The van der Waals surface area contributed by atoms with Gasteiger partial charge in [0.1, 0.15) is 11.9 Å². The van der Waals surface area contributed by atoms with Gasteiger partial charge in [0.15, 0.2) is 0 Å². The SMILES string of the molecule is Cc1cccc(C)c1OC1CCN(C(=O)Nc2cccc(Cl)c2N(C)C)CC1. The number of nitrogens with zero attached hydrogens (tertiary/aromatic N) is 2. The highest BCUT2D eigenvalue weighted by atomic mass is 35.5. The van der Waals surface area contributed by atoms with E-state index < -0.39 is 0 Å². The van der Waals surface area contributed by atoms with Gasteiger partial charge in [-0.15, -0.1) is 0 Å². The molecule has 2 aromatic carbocycles. The number of benzene rings is 2. The third-order valence-electron chi connectivity index (χ3n) is 5.10. The van der Waals surface area contributed by atoms with Crippen LogP contribution in [0.5, 0.6) is 5.75 Å². The molecule has 1 fully saturated rings. The number of hydrogen-bond acceptors (Lipinski definition) is 3. The third-order valence-corrected chi connectivity index (χ3v) is 5.40. The van der Waals surface area contributed by atoms with Crippen LogP contribution in [0.15, 0.2) is 36.4 Å². The lowest BCUT2D eigenvalue weighted by Crippen LogP contribution is -2.44. The highest BCUT2D eigenvalue weighted by molar-refractivity contribution is 6.34. The van der Waals surface area contributed by atoms with E-state index in [0.717, 1.165) is 41.1 Å². The maximum absolute atomic E-state index is 12.7. The summed E-state index contributed by atoms with van der Waals surface area (Å²) in [5, 5.41) is 3.62. The molecule has 5 nitrogen and oxygen atoms in total. The molecule has 0 saturated carbocycles. The molecule has 0 atom stereocenters. The molecule has 1 saturated heterocycles. The van der Waals surface area contributed by atoms with Crippen molar-refractivity contribution in [1.29, 1.82) is 0 Å². The van der Waals surface area contributed by atoms with Crippen LogP contribution < -0.4 is 15.0 Å². The first-order chi connectivity index (χ1) is 13.4. The number of halogens is 1. The first-order valence-corrected chi connectivity index (χ1v) is 9.99. The molecule has 0 spiro atoms. The van der Waals surface area contributed by atoms with E-state index >= 15 is 0 Å². The summed E-state index contributed by atoms with van der Waals surface area (Å²) in [6.45, 7) is 5.47. The van der Waals surface area contributed by atoms with E-state index in [9.17, 15) is 4.79 Å². The molecule has 6 heteroatoms. The number of rotatable bonds is 4. The van der Waals surface area contributed by atoms with E-state index in [2.05, 4.69) is 31.3 Å². The van der Waals surface area contributed by atoms with Crippen LogP contribution >= 0.6 is 11.6 Å². The maximum atomic E-state index is 12.7. The molecular formula is C22H28ClN3O2. The number of carbonyl (C=O) groups is 1. The smallest absolute Gasteiger partial charge is 0.321 e. The molecule has 1 aliphatic rings. The second-order valence-corrected chi connectivity index (χ2v) is 7.89. The van der Waals surface area contributed by atoms with Gasteiger partial charge in [0.25, 0.3) is 0 Å². The molecule has 2 aromatic rings. The van der Waals surface area contributed by atoms with Crippen molar-refractivity contribution in [3.05, 3.63) is 52.5 Å². The van der Waals surface area contributed by atoms with E-state index in [1.807, 2.05) is 48.2 Å². The number of aryl methyl sites for hydroxylation is 2. The summed E-state index contributed by atoms with van der Waals surface area (Å²) >= 11 is 6.29. The number of amides is 2. The molecule has 1 N–H and O–H groups in total. The Morgan fingerprint density at radius 3 is 2.32 bits per heavy atom. The molecule has 0 aromatic heterocycles. The maximum Gasteiger partial charge on any atom is 0.321 e. The fraction of sp³-hybridized carbons (Fsp3) is 0.409. The molecule has 2 amide bonds. The van der Waals surface area contributed by atoms with Gasteiger partial charge in [-0.2, -0.15) is 0 Å². The van der Waals surface area contributed by atoms with Gasteiger partial charge in [-0.25, -0.2) is 4.79 Å². The van der Waals surface area contributed by atoms with Crippen molar-refractivity contribution >= 4 is 29.0 Å². The molecule has 1 heterocycles. The Balaban J connectivity index is 1.60. The van der Waals surface area contributed by atoms with Gasteiger partial charge in [-0.05, 0) is 37.1 Å². The van der Waals surface area contributed by atoms with Crippen LogP contribution in [0.25, 0.3) is 0 Å². The van der Waals surface area contributed by atoms with Crippen molar-refractivity contribution < 1.29 is 9.53 Å². The van der Waals surface area contributed by atoms with Crippen molar-refractivity contribution in [2.75, 3.05) is 37.4 Å². The Kier molecular flexibility index (Phi) is 6.35. The fourth-order valence-electron chi connectivity index (χ4n) is 3.59. The van der Waals surface area contributed by atoms with Crippen LogP contribution in [-0.4, -0.2) is 44.2 Å². The van der Waals surface area contributed by atoms with E-state index in [0.29, 0.717) is 18.1 Å². The minimum atomic E-state index is -0.101. The van der Waals surface area contributed by atoms with E-state index in [1.165, 1.54) is 0 Å². The van der Waals surface area contributed by atoms with Crippen LogP contribution in [0.2, 0.25) is 5.02 Å². The van der Waals surface area contributed by atoms with E-state index in [-0.39, 0.29) is 12.1 Å². The van der Waals surface area contributed by atoms with Crippen molar-refractivity contribution in [3.8, 4) is 5.75 Å². The summed E-state index contributed by atoms with van der Waals surface area (Å²) in [7, 11) is 3.82. The standard InChI is InChI=1S/C22H28ClN3O2/c1-15-7-5-8-16(2)21(15)28-17-11-13-26(14-12-17)22(27)24-19-10-6-9-18(23)20(19)25(3)4/h5-10,17H,11-14H2,1-4H3,(H,24,27). The van der Waals surface area contributed by atoms with Gasteiger partial charge < -0.3 is 19.9 Å². The molecule has 0 aliphatic carbocycles. The average Bonchev–Trinajstić information content (AvgIpc) is 2.65. The monoisotopic (exact) mass is 401 g/mol. The molecular weight excluding hydrogens is 374 g/mol. The van der Waals surface area contributed by atoms with Crippen molar-refractivity contribution in [1.82, 2.24) is 4.90 Å². The summed E-state index contributed by atoms with van der Waals surface area (Å²) in [6.07, 6.45) is 1.77. The minimum absolute atomic E-state index is 0.101. The van der Waals surface area contributed by atoms with Gasteiger partial charge >= 0.3 is 6.03 Å². The lowest BCUT2D eigenvalue weighted by molar-refractivity contribution is 0.114. The molecule has 150 valence electrons. The van der Waals surface area contributed by atoms with Crippen LogP contribution in [0, 0.1) is 13.8 Å². The number of nitrogens with one attached hydrogen (secondary N) is 1.